The fourth-order valence-corrected chi connectivity index (χ4v) is 3.61. The van der Waals surface area contributed by atoms with E-state index in [1.54, 1.807) is 4.90 Å². The Kier molecular flexibility index (Phi) is 4.66. The fourth-order valence-electron chi connectivity index (χ4n) is 3.61. The molecule has 2 aliphatic rings. The molecule has 2 aliphatic heterocycles. The molecular formula is C18H25N3O2. The van der Waals surface area contributed by atoms with Gasteiger partial charge in [-0.25, -0.2) is 0 Å². The fraction of sp³-hybridized carbons (Fsp3) is 0.556. The van der Waals surface area contributed by atoms with Crippen molar-refractivity contribution < 1.29 is 9.59 Å². The van der Waals surface area contributed by atoms with Gasteiger partial charge >= 0.3 is 0 Å². The molecule has 2 saturated heterocycles. The molecule has 2 N–H and O–H groups in total. The lowest BCUT2D eigenvalue weighted by Gasteiger charge is -2.38. The Morgan fingerprint density at radius 3 is 2.61 bits per heavy atom. The Bertz CT molecular complexity index is 584. The van der Waals surface area contributed by atoms with Gasteiger partial charge in [0.2, 0.25) is 5.91 Å². The van der Waals surface area contributed by atoms with Crippen molar-refractivity contribution in [3.05, 3.63) is 29.8 Å². The van der Waals surface area contributed by atoms with E-state index in [9.17, 15) is 9.59 Å². The van der Waals surface area contributed by atoms with Gasteiger partial charge in [-0.2, -0.15) is 0 Å². The van der Waals surface area contributed by atoms with Crippen LogP contribution >= 0.6 is 0 Å². The highest BCUT2D eigenvalue weighted by atomic mass is 16.2. The van der Waals surface area contributed by atoms with Crippen LogP contribution < -0.4 is 10.6 Å². The standard InChI is InChI=1S/C18H25N3O2/c1-13-8-10-21(16(11-13)12-19)18(23)14-4-6-15(7-5-14)20-9-2-3-17(20)22/h4-7,13,16H,2-3,8-12,19H2,1H3. The van der Waals surface area contributed by atoms with Crippen molar-refractivity contribution in [1.82, 2.24) is 4.90 Å². The highest BCUT2D eigenvalue weighted by Crippen LogP contribution is 2.25. The average Bonchev–Trinajstić information content (AvgIpc) is 3.00. The first-order valence-corrected chi connectivity index (χ1v) is 8.51. The predicted molar refractivity (Wildman–Crippen MR) is 90.3 cm³/mol. The molecule has 1 aromatic rings. The van der Waals surface area contributed by atoms with Crippen LogP contribution in [0.1, 0.15) is 43.0 Å². The molecule has 0 spiro atoms. The summed E-state index contributed by atoms with van der Waals surface area (Å²) in [7, 11) is 0. The van der Waals surface area contributed by atoms with Crippen LogP contribution in [-0.2, 0) is 4.79 Å². The number of carbonyl (C=O) groups excluding carboxylic acids is 2. The van der Waals surface area contributed by atoms with Gasteiger partial charge < -0.3 is 15.5 Å². The van der Waals surface area contributed by atoms with E-state index in [-0.39, 0.29) is 17.9 Å². The largest absolute Gasteiger partial charge is 0.334 e. The molecule has 5 nitrogen and oxygen atoms in total. The number of benzene rings is 1. The first-order chi connectivity index (χ1) is 11.1. The molecule has 5 heteroatoms. The first kappa shape index (κ1) is 16.0. The van der Waals surface area contributed by atoms with Crippen LogP contribution in [0.5, 0.6) is 0 Å². The van der Waals surface area contributed by atoms with E-state index in [0.29, 0.717) is 24.4 Å². The number of anilines is 1. The van der Waals surface area contributed by atoms with Gasteiger partial charge in [0, 0.05) is 43.3 Å². The van der Waals surface area contributed by atoms with Gasteiger partial charge in [0.1, 0.15) is 0 Å². The van der Waals surface area contributed by atoms with Gasteiger partial charge in [-0.15, -0.1) is 0 Å². The Balaban J connectivity index is 1.73. The van der Waals surface area contributed by atoms with Crippen molar-refractivity contribution >= 4 is 17.5 Å². The molecule has 0 aromatic heterocycles. The summed E-state index contributed by atoms with van der Waals surface area (Å²) in [5.74, 6) is 0.833. The number of carbonyl (C=O) groups is 2. The summed E-state index contributed by atoms with van der Waals surface area (Å²) in [6.07, 6.45) is 3.53. The van der Waals surface area contributed by atoms with E-state index in [1.807, 2.05) is 29.2 Å². The lowest BCUT2D eigenvalue weighted by molar-refractivity contribution is -0.117. The highest BCUT2D eigenvalue weighted by molar-refractivity contribution is 5.97. The maximum absolute atomic E-state index is 12.8. The quantitative estimate of drug-likeness (QED) is 0.928. The minimum absolute atomic E-state index is 0.0478. The van der Waals surface area contributed by atoms with Gasteiger partial charge in [0.25, 0.3) is 5.91 Å². The van der Waals surface area contributed by atoms with Gasteiger partial charge in [-0.1, -0.05) is 6.92 Å². The number of nitrogens with zero attached hydrogens (tertiary/aromatic N) is 2. The zero-order valence-corrected chi connectivity index (χ0v) is 13.7. The average molecular weight is 315 g/mol. The van der Waals surface area contributed by atoms with Crippen LogP contribution in [0.15, 0.2) is 24.3 Å². The second kappa shape index (κ2) is 6.71. The second-order valence-electron chi connectivity index (χ2n) is 6.71. The Labute approximate surface area is 137 Å². The summed E-state index contributed by atoms with van der Waals surface area (Å²) in [6, 6.07) is 7.54. The van der Waals surface area contributed by atoms with E-state index in [1.165, 1.54) is 0 Å². The van der Waals surface area contributed by atoms with E-state index >= 15 is 0 Å². The van der Waals surface area contributed by atoms with E-state index in [4.69, 9.17) is 5.73 Å². The van der Waals surface area contributed by atoms with Crippen LogP contribution in [0.3, 0.4) is 0 Å². The maximum atomic E-state index is 12.8. The summed E-state index contributed by atoms with van der Waals surface area (Å²) in [5.41, 5.74) is 7.41. The minimum atomic E-state index is 0.0478. The summed E-state index contributed by atoms with van der Waals surface area (Å²) >= 11 is 0. The van der Waals surface area contributed by atoms with Gasteiger partial charge in [0.15, 0.2) is 0 Å². The summed E-state index contributed by atoms with van der Waals surface area (Å²) < 4.78 is 0. The number of likely N-dealkylation sites (tertiary alicyclic amines) is 1. The third-order valence-electron chi connectivity index (χ3n) is 5.01. The van der Waals surface area contributed by atoms with Crippen molar-refractivity contribution in [2.24, 2.45) is 11.7 Å². The van der Waals surface area contributed by atoms with Gasteiger partial charge in [-0.05, 0) is 49.4 Å². The molecule has 2 atom stereocenters. The van der Waals surface area contributed by atoms with Crippen LogP contribution in [0, 0.1) is 5.92 Å². The monoisotopic (exact) mass is 315 g/mol. The zero-order chi connectivity index (χ0) is 16.4. The number of piperidine rings is 1. The first-order valence-electron chi connectivity index (χ1n) is 8.51. The lowest BCUT2D eigenvalue weighted by atomic mass is 9.92. The molecule has 124 valence electrons. The highest BCUT2D eigenvalue weighted by Gasteiger charge is 2.29. The number of rotatable bonds is 3. The third kappa shape index (κ3) is 3.24. The van der Waals surface area contributed by atoms with E-state index in [0.717, 1.165) is 38.0 Å². The lowest BCUT2D eigenvalue weighted by Crippen LogP contribution is -2.49. The van der Waals surface area contributed by atoms with Crippen molar-refractivity contribution in [2.75, 3.05) is 24.5 Å². The molecular weight excluding hydrogens is 290 g/mol. The Morgan fingerprint density at radius 1 is 1.26 bits per heavy atom. The number of hydrogen-bond acceptors (Lipinski definition) is 3. The molecule has 2 fully saturated rings. The van der Waals surface area contributed by atoms with Crippen LogP contribution in [0.25, 0.3) is 0 Å². The van der Waals surface area contributed by atoms with Crippen molar-refractivity contribution in [3.8, 4) is 0 Å². The number of amides is 2. The molecule has 0 radical (unpaired) electrons. The molecule has 0 aliphatic carbocycles. The Morgan fingerprint density at radius 2 is 2.00 bits per heavy atom. The second-order valence-corrected chi connectivity index (χ2v) is 6.71. The number of nitrogens with two attached hydrogens (primary N) is 1. The third-order valence-corrected chi connectivity index (χ3v) is 5.01. The van der Waals surface area contributed by atoms with Crippen LogP contribution in [0.4, 0.5) is 5.69 Å². The summed E-state index contributed by atoms with van der Waals surface area (Å²) in [4.78, 5) is 28.3. The zero-order valence-electron chi connectivity index (χ0n) is 13.7. The van der Waals surface area contributed by atoms with Gasteiger partial charge in [-0.3, -0.25) is 9.59 Å². The maximum Gasteiger partial charge on any atom is 0.254 e. The molecule has 0 saturated carbocycles. The number of hydrogen-bond donors (Lipinski definition) is 1. The summed E-state index contributed by atoms with van der Waals surface area (Å²) in [6.45, 7) is 4.27. The van der Waals surface area contributed by atoms with Crippen LogP contribution in [0.2, 0.25) is 0 Å². The van der Waals surface area contributed by atoms with E-state index < -0.39 is 0 Å². The Hall–Kier alpha value is -1.88. The molecule has 1 aromatic carbocycles. The normalized spacial score (nSPS) is 25.0. The molecule has 3 rings (SSSR count). The van der Waals surface area contributed by atoms with Gasteiger partial charge in [0.05, 0.1) is 0 Å². The summed E-state index contributed by atoms with van der Waals surface area (Å²) in [5, 5.41) is 0. The molecule has 23 heavy (non-hydrogen) atoms. The molecule has 2 heterocycles. The topological polar surface area (TPSA) is 66.6 Å². The minimum Gasteiger partial charge on any atom is -0.334 e. The molecule has 2 unspecified atom stereocenters. The SMILES string of the molecule is CC1CCN(C(=O)c2ccc(N3CCCC3=O)cc2)C(CN)C1. The van der Waals surface area contributed by atoms with E-state index in [2.05, 4.69) is 6.92 Å². The van der Waals surface area contributed by atoms with Crippen molar-refractivity contribution in [2.45, 2.75) is 38.6 Å². The van der Waals surface area contributed by atoms with Crippen molar-refractivity contribution in [1.29, 1.82) is 0 Å². The predicted octanol–water partition coefficient (Wildman–Crippen LogP) is 2.01. The molecule has 2 amide bonds. The molecule has 0 bridgehead atoms. The smallest absolute Gasteiger partial charge is 0.254 e. The van der Waals surface area contributed by atoms with Crippen LogP contribution in [-0.4, -0.2) is 42.4 Å². The van der Waals surface area contributed by atoms with Crippen molar-refractivity contribution in [3.63, 3.8) is 0 Å².